The maximum absolute atomic E-state index is 14.1. The first-order chi connectivity index (χ1) is 13.6. The number of halogens is 3. The first-order valence-corrected chi connectivity index (χ1v) is 10.7. The molecule has 3 heteroatoms. The van der Waals surface area contributed by atoms with Crippen molar-refractivity contribution in [3.05, 3.63) is 59.2 Å². The number of hydrogen-bond donors (Lipinski definition) is 0. The molecule has 1 aliphatic rings. The van der Waals surface area contributed by atoms with Crippen LogP contribution in [0.15, 0.2) is 36.4 Å². The van der Waals surface area contributed by atoms with Crippen LogP contribution >= 0.6 is 11.6 Å². The van der Waals surface area contributed by atoms with Crippen LogP contribution in [-0.4, -0.2) is 0 Å². The third-order valence-electron chi connectivity index (χ3n) is 5.99. The molecule has 0 atom stereocenters. The fraction of sp³-hybridized carbons (Fsp3) is 0.440. The average Bonchev–Trinajstić information content (AvgIpc) is 2.71. The summed E-state index contributed by atoms with van der Waals surface area (Å²) in [4.78, 5) is 0. The third kappa shape index (κ3) is 5.15. The van der Waals surface area contributed by atoms with Crippen LogP contribution in [-0.2, 0) is 0 Å². The highest BCUT2D eigenvalue weighted by atomic mass is 35.5. The van der Waals surface area contributed by atoms with E-state index in [9.17, 15) is 8.78 Å². The molecule has 0 bridgehead atoms. The standard InChI is InChI=1S/C25H27ClF2/c1-2-3-4-5-18-6-8-19(9-7-18)20-10-12-21(13-11-20)22-16-24(27)23(14-15-26)25(28)17-22/h10-13,16-19H,2-9H2,1H3. The van der Waals surface area contributed by atoms with Crippen LogP contribution in [0.1, 0.15) is 75.3 Å². The van der Waals surface area contributed by atoms with E-state index in [4.69, 9.17) is 11.6 Å². The van der Waals surface area contributed by atoms with E-state index in [0.717, 1.165) is 11.5 Å². The van der Waals surface area contributed by atoms with Gasteiger partial charge in [-0.05, 0) is 83.9 Å². The van der Waals surface area contributed by atoms with Gasteiger partial charge < -0.3 is 0 Å². The Labute approximate surface area is 172 Å². The van der Waals surface area contributed by atoms with E-state index >= 15 is 0 Å². The quantitative estimate of drug-likeness (QED) is 0.340. The molecule has 2 aromatic carbocycles. The van der Waals surface area contributed by atoms with Crippen LogP contribution in [0.5, 0.6) is 0 Å². The molecule has 0 heterocycles. The molecule has 0 aromatic heterocycles. The van der Waals surface area contributed by atoms with Gasteiger partial charge in [0, 0.05) is 5.38 Å². The van der Waals surface area contributed by atoms with Crippen LogP contribution in [0.3, 0.4) is 0 Å². The van der Waals surface area contributed by atoms with Crippen LogP contribution in [0, 0.1) is 28.9 Å². The lowest BCUT2D eigenvalue weighted by atomic mass is 9.77. The smallest absolute Gasteiger partial charge is 0.142 e. The highest BCUT2D eigenvalue weighted by Crippen LogP contribution is 2.38. The van der Waals surface area contributed by atoms with Gasteiger partial charge in [0.05, 0.1) is 5.56 Å². The van der Waals surface area contributed by atoms with Crippen LogP contribution < -0.4 is 0 Å². The molecule has 0 unspecified atom stereocenters. The highest BCUT2D eigenvalue weighted by Gasteiger charge is 2.22. The molecule has 0 saturated heterocycles. The summed E-state index contributed by atoms with van der Waals surface area (Å²) < 4.78 is 28.2. The van der Waals surface area contributed by atoms with Crippen LogP contribution in [0.4, 0.5) is 8.78 Å². The van der Waals surface area contributed by atoms with Crippen molar-refractivity contribution in [3.8, 4) is 22.4 Å². The van der Waals surface area contributed by atoms with Gasteiger partial charge >= 0.3 is 0 Å². The van der Waals surface area contributed by atoms with Gasteiger partial charge in [0.25, 0.3) is 0 Å². The van der Waals surface area contributed by atoms with Crippen molar-refractivity contribution in [3.63, 3.8) is 0 Å². The Hall–Kier alpha value is -1.85. The minimum absolute atomic E-state index is 0.286. The topological polar surface area (TPSA) is 0 Å². The first kappa shape index (κ1) is 20.9. The molecular weight excluding hydrogens is 374 g/mol. The van der Waals surface area contributed by atoms with E-state index in [1.165, 1.54) is 69.1 Å². The summed E-state index contributed by atoms with van der Waals surface area (Å²) in [5.41, 5.74) is 2.37. The van der Waals surface area contributed by atoms with E-state index in [0.29, 0.717) is 11.5 Å². The average molecular weight is 401 g/mol. The van der Waals surface area contributed by atoms with Crippen molar-refractivity contribution < 1.29 is 8.78 Å². The second-order valence-electron chi connectivity index (χ2n) is 7.87. The molecule has 0 nitrogen and oxygen atoms in total. The largest absolute Gasteiger partial charge is 0.205 e. The zero-order chi connectivity index (χ0) is 19.9. The maximum atomic E-state index is 14.1. The molecule has 0 spiro atoms. The molecule has 3 rings (SSSR count). The first-order valence-electron chi connectivity index (χ1n) is 10.3. The predicted octanol–water partition coefficient (Wildman–Crippen LogP) is 8.03. The summed E-state index contributed by atoms with van der Waals surface area (Å²) in [7, 11) is 0. The normalized spacial score (nSPS) is 19.1. The van der Waals surface area contributed by atoms with Crippen molar-refractivity contribution in [2.75, 3.05) is 0 Å². The highest BCUT2D eigenvalue weighted by molar-refractivity contribution is 6.30. The van der Waals surface area contributed by atoms with Crippen molar-refractivity contribution >= 4 is 11.6 Å². The summed E-state index contributed by atoms with van der Waals surface area (Å²) in [5, 5.41) is 2.03. The van der Waals surface area contributed by atoms with E-state index < -0.39 is 11.6 Å². The lowest BCUT2D eigenvalue weighted by Gasteiger charge is -2.29. The molecule has 1 saturated carbocycles. The number of rotatable bonds is 6. The molecule has 0 amide bonds. The minimum atomic E-state index is -0.686. The van der Waals surface area contributed by atoms with Gasteiger partial charge in [-0.25, -0.2) is 8.78 Å². The molecule has 148 valence electrons. The molecule has 0 aliphatic heterocycles. The Morgan fingerprint density at radius 1 is 0.929 bits per heavy atom. The molecule has 0 radical (unpaired) electrons. The molecular formula is C25H27ClF2. The second-order valence-corrected chi connectivity index (χ2v) is 8.06. The molecule has 0 N–H and O–H groups in total. The SMILES string of the molecule is CCCCCC1CCC(c2ccc(-c3cc(F)c(C#CCl)c(F)c3)cc2)CC1. The monoisotopic (exact) mass is 400 g/mol. The summed E-state index contributed by atoms with van der Waals surface area (Å²) in [6.45, 7) is 2.26. The van der Waals surface area contributed by atoms with Gasteiger partial charge in [-0.1, -0.05) is 56.9 Å². The fourth-order valence-electron chi connectivity index (χ4n) is 4.32. The number of benzene rings is 2. The van der Waals surface area contributed by atoms with Gasteiger partial charge in [-0.2, -0.15) is 0 Å². The summed E-state index contributed by atoms with van der Waals surface area (Å²) in [6.07, 6.45) is 10.5. The van der Waals surface area contributed by atoms with Crippen LogP contribution in [0.2, 0.25) is 0 Å². The van der Waals surface area contributed by atoms with E-state index in [1.54, 1.807) is 0 Å². The Morgan fingerprint density at radius 3 is 2.14 bits per heavy atom. The van der Waals surface area contributed by atoms with Gasteiger partial charge in [0.1, 0.15) is 11.6 Å². The zero-order valence-corrected chi connectivity index (χ0v) is 17.2. The Morgan fingerprint density at radius 2 is 1.57 bits per heavy atom. The van der Waals surface area contributed by atoms with Crippen molar-refractivity contribution in [1.29, 1.82) is 0 Å². The fourth-order valence-corrected chi connectivity index (χ4v) is 4.42. The van der Waals surface area contributed by atoms with Crippen LogP contribution in [0.25, 0.3) is 11.1 Å². The predicted molar refractivity (Wildman–Crippen MR) is 113 cm³/mol. The zero-order valence-electron chi connectivity index (χ0n) is 16.4. The molecule has 1 aliphatic carbocycles. The molecule has 1 fully saturated rings. The summed E-state index contributed by atoms with van der Waals surface area (Å²) >= 11 is 5.27. The number of hydrogen-bond acceptors (Lipinski definition) is 0. The lowest BCUT2D eigenvalue weighted by molar-refractivity contribution is 0.303. The number of unbranched alkanes of at least 4 members (excludes halogenated alkanes) is 2. The van der Waals surface area contributed by atoms with Gasteiger partial charge in [0.2, 0.25) is 0 Å². The Balaban J connectivity index is 1.65. The van der Waals surface area contributed by atoms with E-state index in [-0.39, 0.29) is 5.56 Å². The van der Waals surface area contributed by atoms with Crippen molar-refractivity contribution in [2.45, 2.75) is 64.2 Å². The lowest BCUT2D eigenvalue weighted by Crippen LogP contribution is -2.13. The second kappa shape index (κ2) is 10.1. The van der Waals surface area contributed by atoms with Gasteiger partial charge in [-0.15, -0.1) is 0 Å². The van der Waals surface area contributed by atoms with E-state index in [1.807, 2.05) is 17.5 Å². The Bertz CT molecular complexity index is 814. The summed E-state index contributed by atoms with van der Waals surface area (Å²) in [5.74, 6) is 2.38. The molecule has 28 heavy (non-hydrogen) atoms. The Kier molecular flexibility index (Phi) is 7.51. The van der Waals surface area contributed by atoms with Crippen molar-refractivity contribution in [2.24, 2.45) is 5.92 Å². The van der Waals surface area contributed by atoms with Gasteiger partial charge in [-0.3, -0.25) is 0 Å². The maximum Gasteiger partial charge on any atom is 0.142 e. The van der Waals surface area contributed by atoms with E-state index in [2.05, 4.69) is 25.0 Å². The van der Waals surface area contributed by atoms with Gasteiger partial charge in [0.15, 0.2) is 0 Å². The third-order valence-corrected chi connectivity index (χ3v) is 6.09. The molecule has 2 aromatic rings. The van der Waals surface area contributed by atoms with Crippen molar-refractivity contribution in [1.82, 2.24) is 0 Å². The summed E-state index contributed by atoms with van der Waals surface area (Å²) in [6, 6.07) is 10.8. The minimum Gasteiger partial charge on any atom is -0.205 e.